The fraction of sp³-hybridized carbons (Fsp3) is 0.345. The van der Waals surface area contributed by atoms with Crippen molar-refractivity contribution in [1.29, 1.82) is 0 Å². The number of pyridine rings is 1. The van der Waals surface area contributed by atoms with E-state index in [1.807, 2.05) is 39.1 Å². The summed E-state index contributed by atoms with van der Waals surface area (Å²) in [7, 11) is 1.64. The predicted molar refractivity (Wildman–Crippen MR) is 150 cm³/mol. The topological polar surface area (TPSA) is 65.9 Å². The van der Waals surface area contributed by atoms with Crippen molar-refractivity contribution in [3.8, 4) is 11.3 Å². The van der Waals surface area contributed by atoms with E-state index >= 15 is 0 Å². The summed E-state index contributed by atoms with van der Waals surface area (Å²) in [5, 5.41) is 0. The number of benzene rings is 2. The van der Waals surface area contributed by atoms with Gasteiger partial charge in [-0.05, 0) is 79.6 Å². The molecule has 0 N–H and O–H groups in total. The van der Waals surface area contributed by atoms with Crippen molar-refractivity contribution in [2.45, 2.75) is 57.4 Å². The number of rotatable bonds is 5. The van der Waals surface area contributed by atoms with Crippen molar-refractivity contribution >= 4 is 29.4 Å². The number of hydrogen-bond acceptors (Lipinski definition) is 3. The van der Waals surface area contributed by atoms with E-state index in [1.54, 1.807) is 19.0 Å². The summed E-state index contributed by atoms with van der Waals surface area (Å²) in [6.07, 6.45) is 8.31. The minimum atomic E-state index is -1.83. The molecule has 1 amide bonds. The highest BCUT2D eigenvalue weighted by molar-refractivity contribution is 7.83. The molecule has 2 unspecified atom stereocenters. The summed E-state index contributed by atoms with van der Waals surface area (Å²) >= 11 is 0. The van der Waals surface area contributed by atoms with Crippen molar-refractivity contribution in [3.63, 3.8) is 0 Å². The zero-order valence-electron chi connectivity index (χ0n) is 22.1. The molecule has 2 aliphatic rings. The Balaban J connectivity index is 0.000000199. The van der Waals surface area contributed by atoms with Gasteiger partial charge >= 0.3 is 0 Å². The smallest absolute Gasteiger partial charge is 0.214 e. The average Bonchev–Trinajstić information content (AvgIpc) is 3.51. The molecule has 0 saturated heterocycles. The third-order valence-electron chi connectivity index (χ3n) is 6.14. The molecule has 5 rings (SSSR count). The maximum Gasteiger partial charge on any atom is 0.214 e. The van der Waals surface area contributed by atoms with Gasteiger partial charge in [-0.3, -0.25) is 9.78 Å². The Hall–Kier alpha value is -3.39. The molecule has 0 saturated carbocycles. The molecule has 6 nitrogen and oxygen atoms in total. The molecule has 0 spiro atoms. The van der Waals surface area contributed by atoms with Crippen LogP contribution in [0.15, 0.2) is 64.0 Å². The molecule has 2 atom stereocenters. The standard InChI is InChI=1S/C14H13N.C13H16FN3O2S.C2H6/c1-2-9-15-14(6-1)13-8-7-11-4-3-5-12(11)10-13;1-9-4-10-5-11(14)13(6-12(10)17(9)8-18)20(19)15-7-16(2)3;1-2/h1-2,6-10H,3-5H2;5-9H,4H2,1-3H3;1-2H3/b;15-7+;. The molecule has 0 bridgehead atoms. The number of fused-ring (bicyclic) bond motifs is 2. The highest BCUT2D eigenvalue weighted by Crippen LogP contribution is 2.34. The van der Waals surface area contributed by atoms with E-state index in [2.05, 4.69) is 33.6 Å². The molecule has 196 valence electrons. The fourth-order valence-corrected chi connectivity index (χ4v) is 5.22. The molecule has 2 heterocycles. The monoisotopic (exact) mass is 522 g/mol. The van der Waals surface area contributed by atoms with Crippen molar-refractivity contribution in [2.75, 3.05) is 19.0 Å². The van der Waals surface area contributed by atoms with Gasteiger partial charge in [-0.25, -0.2) is 8.60 Å². The largest absolute Gasteiger partial charge is 0.368 e. The van der Waals surface area contributed by atoms with E-state index in [1.165, 1.54) is 59.3 Å². The Labute approximate surface area is 221 Å². The van der Waals surface area contributed by atoms with Gasteiger partial charge < -0.3 is 9.80 Å². The first-order valence-electron chi connectivity index (χ1n) is 12.6. The Bertz CT molecular complexity index is 1260. The Kier molecular flexibility index (Phi) is 10.1. The van der Waals surface area contributed by atoms with E-state index in [0.717, 1.165) is 11.3 Å². The van der Waals surface area contributed by atoms with Gasteiger partial charge in [0.1, 0.15) is 12.2 Å². The number of carbonyl (C=O) groups is 1. The van der Waals surface area contributed by atoms with Crippen LogP contribution in [0.5, 0.6) is 0 Å². The first-order valence-corrected chi connectivity index (χ1v) is 13.7. The Morgan fingerprint density at radius 3 is 2.51 bits per heavy atom. The zero-order valence-corrected chi connectivity index (χ0v) is 23.0. The second-order valence-corrected chi connectivity index (χ2v) is 10.1. The molecule has 0 radical (unpaired) electrons. The molecule has 0 fully saturated rings. The van der Waals surface area contributed by atoms with Crippen LogP contribution in [0.2, 0.25) is 0 Å². The molecule has 8 heteroatoms. The summed E-state index contributed by atoms with van der Waals surface area (Å²) in [5.41, 5.74) is 6.72. The van der Waals surface area contributed by atoms with Gasteiger partial charge in [0, 0.05) is 37.6 Å². The molecule has 1 aliphatic heterocycles. The minimum absolute atomic E-state index is 0.0113. The summed E-state index contributed by atoms with van der Waals surface area (Å²) in [4.78, 5) is 18.6. The van der Waals surface area contributed by atoms with Gasteiger partial charge in [0.15, 0.2) is 11.0 Å². The van der Waals surface area contributed by atoms with E-state index in [-0.39, 0.29) is 10.9 Å². The molecule has 1 aromatic heterocycles. The maximum absolute atomic E-state index is 14.0. The van der Waals surface area contributed by atoms with Crippen LogP contribution in [0.25, 0.3) is 11.3 Å². The third kappa shape index (κ3) is 6.89. The summed E-state index contributed by atoms with van der Waals surface area (Å²) < 4.78 is 29.8. The average molecular weight is 523 g/mol. The summed E-state index contributed by atoms with van der Waals surface area (Å²) in [5.74, 6) is -0.557. The van der Waals surface area contributed by atoms with Crippen LogP contribution in [0.4, 0.5) is 10.1 Å². The number of halogens is 1. The number of amides is 1. The molecule has 37 heavy (non-hydrogen) atoms. The number of aryl methyl sites for hydroxylation is 2. The van der Waals surface area contributed by atoms with Gasteiger partial charge in [0.05, 0.1) is 10.6 Å². The highest BCUT2D eigenvalue weighted by atomic mass is 32.2. The van der Waals surface area contributed by atoms with Crippen LogP contribution in [-0.2, 0) is 35.0 Å². The fourth-order valence-electron chi connectivity index (χ4n) is 4.39. The molecular weight excluding hydrogens is 487 g/mol. The first-order chi connectivity index (χ1) is 17.9. The third-order valence-corrected chi connectivity index (χ3v) is 7.11. The zero-order chi connectivity index (χ0) is 26.9. The first kappa shape index (κ1) is 28.2. The van der Waals surface area contributed by atoms with Crippen molar-refractivity contribution in [1.82, 2.24) is 9.88 Å². The molecule has 1 aliphatic carbocycles. The minimum Gasteiger partial charge on any atom is -0.368 e. The van der Waals surface area contributed by atoms with Gasteiger partial charge in [0.2, 0.25) is 6.41 Å². The van der Waals surface area contributed by atoms with Crippen LogP contribution in [0, 0.1) is 5.82 Å². The van der Waals surface area contributed by atoms with Crippen molar-refractivity contribution in [3.05, 3.63) is 77.2 Å². The lowest BCUT2D eigenvalue weighted by Crippen LogP contribution is -2.27. The van der Waals surface area contributed by atoms with Gasteiger partial charge in [0.25, 0.3) is 0 Å². The van der Waals surface area contributed by atoms with Crippen LogP contribution < -0.4 is 4.90 Å². The Morgan fingerprint density at radius 2 is 1.84 bits per heavy atom. The van der Waals surface area contributed by atoms with E-state index in [9.17, 15) is 13.4 Å². The van der Waals surface area contributed by atoms with Gasteiger partial charge in [-0.1, -0.05) is 32.0 Å². The second kappa shape index (κ2) is 13.2. The number of hydrogen-bond donors (Lipinski definition) is 0. The van der Waals surface area contributed by atoms with Gasteiger partial charge in [-0.2, -0.15) is 4.40 Å². The lowest BCUT2D eigenvalue weighted by atomic mass is 10.0. The number of carbonyl (C=O) groups excluding carboxylic acids is 1. The van der Waals surface area contributed by atoms with Gasteiger partial charge in [-0.15, -0.1) is 0 Å². The second-order valence-electron chi connectivity index (χ2n) is 8.96. The predicted octanol–water partition coefficient (Wildman–Crippen LogP) is 5.61. The SMILES string of the molecule is CC.CC1Cc2cc(F)c(S(=O)/N=C/N(C)C)cc2N1C=O.c1ccc(-c2ccc3c(c2)CCC3)nc1. The van der Waals surface area contributed by atoms with E-state index in [4.69, 9.17) is 0 Å². The van der Waals surface area contributed by atoms with Crippen molar-refractivity contribution < 1.29 is 13.4 Å². The summed E-state index contributed by atoms with van der Waals surface area (Å²) in [6, 6.07) is 15.6. The molecular formula is C29H35FN4O2S. The van der Waals surface area contributed by atoms with Crippen molar-refractivity contribution in [2.24, 2.45) is 4.40 Å². The molecule has 2 aromatic carbocycles. The molecule has 3 aromatic rings. The highest BCUT2D eigenvalue weighted by Gasteiger charge is 2.28. The van der Waals surface area contributed by atoms with Crippen LogP contribution in [0.3, 0.4) is 0 Å². The Morgan fingerprint density at radius 1 is 1.08 bits per heavy atom. The van der Waals surface area contributed by atoms with Crippen LogP contribution in [-0.4, -0.2) is 47.0 Å². The lowest BCUT2D eigenvalue weighted by molar-refractivity contribution is -0.107. The van der Waals surface area contributed by atoms with E-state index < -0.39 is 16.8 Å². The maximum atomic E-state index is 14.0. The van der Waals surface area contributed by atoms with E-state index in [0.29, 0.717) is 18.5 Å². The normalized spacial score (nSPS) is 16.2. The number of anilines is 1. The van der Waals surface area contributed by atoms with Crippen LogP contribution >= 0.6 is 0 Å². The number of nitrogens with zero attached hydrogens (tertiary/aromatic N) is 4. The lowest BCUT2D eigenvalue weighted by Gasteiger charge is -2.16. The quantitative estimate of drug-likeness (QED) is 0.248. The van der Waals surface area contributed by atoms with Crippen LogP contribution in [0.1, 0.15) is 43.9 Å². The summed E-state index contributed by atoms with van der Waals surface area (Å²) in [6.45, 7) is 5.88. The number of aromatic nitrogens is 1.